The van der Waals surface area contributed by atoms with Gasteiger partial charge in [0.2, 0.25) is 0 Å². The van der Waals surface area contributed by atoms with Crippen LogP contribution in [0.4, 0.5) is 0 Å². The summed E-state index contributed by atoms with van der Waals surface area (Å²) in [7, 11) is 0. The summed E-state index contributed by atoms with van der Waals surface area (Å²) in [5.74, 6) is -0.784. The van der Waals surface area contributed by atoms with E-state index < -0.39 is 5.97 Å². The molecule has 3 rings (SSSR count). The van der Waals surface area contributed by atoms with Gasteiger partial charge in [0, 0.05) is 24.0 Å². The van der Waals surface area contributed by atoms with Gasteiger partial charge in [0.05, 0.1) is 17.1 Å². The Morgan fingerprint density at radius 1 is 1.62 bits per heavy atom. The van der Waals surface area contributed by atoms with E-state index in [-0.39, 0.29) is 12.0 Å². The van der Waals surface area contributed by atoms with Crippen LogP contribution in [0, 0.1) is 5.92 Å². The topological polar surface area (TPSA) is 53.4 Å². The Kier molecular flexibility index (Phi) is 2.44. The van der Waals surface area contributed by atoms with Crippen molar-refractivity contribution in [3.05, 3.63) is 16.6 Å². The SMILES string of the molecule is O=C(O)C1CC2CCC1N2Cc1cscn1. The van der Waals surface area contributed by atoms with Gasteiger partial charge in [-0.05, 0) is 19.3 Å². The first-order valence-electron chi connectivity index (χ1n) is 5.61. The lowest BCUT2D eigenvalue weighted by Crippen LogP contribution is -2.32. The van der Waals surface area contributed by atoms with Crippen LogP contribution in [0.3, 0.4) is 0 Å². The largest absolute Gasteiger partial charge is 0.481 e. The number of carbonyl (C=O) groups is 1. The highest BCUT2D eigenvalue weighted by Gasteiger charge is 2.49. The van der Waals surface area contributed by atoms with E-state index in [1.165, 1.54) is 0 Å². The lowest BCUT2D eigenvalue weighted by Gasteiger charge is -2.21. The number of nitrogens with zero attached hydrogens (tertiary/aromatic N) is 2. The van der Waals surface area contributed by atoms with Gasteiger partial charge in [-0.15, -0.1) is 11.3 Å². The number of carboxylic acid groups (broad SMARTS) is 1. The second-order valence-electron chi connectivity index (χ2n) is 4.63. The molecule has 2 saturated heterocycles. The molecule has 2 fully saturated rings. The molecule has 4 nitrogen and oxygen atoms in total. The maximum atomic E-state index is 11.1. The van der Waals surface area contributed by atoms with Crippen LogP contribution in [0.2, 0.25) is 0 Å². The molecular formula is C11H14N2O2S. The van der Waals surface area contributed by atoms with Crippen molar-refractivity contribution in [3.63, 3.8) is 0 Å². The van der Waals surface area contributed by atoms with Crippen LogP contribution >= 0.6 is 11.3 Å². The summed E-state index contributed by atoms with van der Waals surface area (Å²) in [6.45, 7) is 0.822. The number of hydrogen-bond donors (Lipinski definition) is 1. The van der Waals surface area contributed by atoms with Gasteiger partial charge in [0.15, 0.2) is 0 Å². The van der Waals surface area contributed by atoms with Crippen molar-refractivity contribution in [2.24, 2.45) is 5.92 Å². The summed E-state index contributed by atoms with van der Waals surface area (Å²) in [5, 5.41) is 11.2. The predicted molar refractivity (Wildman–Crippen MR) is 60.2 cm³/mol. The minimum atomic E-state index is -0.629. The minimum Gasteiger partial charge on any atom is -0.481 e. The molecule has 5 heteroatoms. The van der Waals surface area contributed by atoms with Crippen LogP contribution < -0.4 is 0 Å². The Bertz CT molecular complexity index is 393. The molecule has 3 atom stereocenters. The molecule has 1 N–H and O–H groups in total. The summed E-state index contributed by atoms with van der Waals surface area (Å²) < 4.78 is 0. The molecule has 0 spiro atoms. The van der Waals surface area contributed by atoms with Gasteiger partial charge in [0.25, 0.3) is 0 Å². The third-order valence-corrected chi connectivity index (χ3v) is 4.46. The van der Waals surface area contributed by atoms with Gasteiger partial charge >= 0.3 is 5.97 Å². The van der Waals surface area contributed by atoms with Crippen molar-refractivity contribution in [1.82, 2.24) is 9.88 Å². The summed E-state index contributed by atoms with van der Waals surface area (Å²) in [6.07, 6.45) is 3.01. The van der Waals surface area contributed by atoms with Crippen LogP contribution in [0.1, 0.15) is 25.0 Å². The fourth-order valence-electron chi connectivity index (χ4n) is 3.12. The van der Waals surface area contributed by atoms with E-state index in [0.717, 1.165) is 31.5 Å². The maximum Gasteiger partial charge on any atom is 0.308 e. The van der Waals surface area contributed by atoms with Crippen LogP contribution in [0.15, 0.2) is 10.9 Å². The smallest absolute Gasteiger partial charge is 0.308 e. The van der Waals surface area contributed by atoms with Crippen molar-refractivity contribution in [2.45, 2.75) is 37.9 Å². The summed E-state index contributed by atoms with van der Waals surface area (Å²) in [5.41, 5.74) is 2.91. The number of aliphatic carboxylic acids is 1. The molecule has 0 saturated carbocycles. The minimum absolute atomic E-state index is 0.155. The Morgan fingerprint density at radius 3 is 3.12 bits per heavy atom. The van der Waals surface area contributed by atoms with Crippen molar-refractivity contribution in [1.29, 1.82) is 0 Å². The number of thiazole rings is 1. The number of rotatable bonds is 3. The van der Waals surface area contributed by atoms with Crippen molar-refractivity contribution in [3.8, 4) is 0 Å². The molecule has 2 aliphatic heterocycles. The van der Waals surface area contributed by atoms with E-state index in [1.807, 2.05) is 10.9 Å². The van der Waals surface area contributed by atoms with E-state index in [2.05, 4.69) is 9.88 Å². The molecule has 0 radical (unpaired) electrons. The van der Waals surface area contributed by atoms with Gasteiger partial charge in [-0.25, -0.2) is 4.98 Å². The third-order valence-electron chi connectivity index (χ3n) is 3.83. The first kappa shape index (κ1) is 10.2. The number of fused-ring (bicyclic) bond motifs is 2. The number of carboxylic acids is 1. The molecule has 86 valence electrons. The van der Waals surface area contributed by atoms with Crippen molar-refractivity contribution < 1.29 is 9.90 Å². The fourth-order valence-corrected chi connectivity index (χ4v) is 3.67. The molecule has 0 amide bonds. The Morgan fingerprint density at radius 2 is 2.50 bits per heavy atom. The molecule has 0 aromatic carbocycles. The molecule has 3 heterocycles. The Hall–Kier alpha value is -0.940. The van der Waals surface area contributed by atoms with E-state index in [0.29, 0.717) is 6.04 Å². The van der Waals surface area contributed by atoms with E-state index >= 15 is 0 Å². The quantitative estimate of drug-likeness (QED) is 0.868. The first-order chi connectivity index (χ1) is 7.75. The number of aromatic nitrogens is 1. The molecule has 1 aromatic rings. The van der Waals surface area contributed by atoms with E-state index in [1.54, 1.807) is 11.3 Å². The highest BCUT2D eigenvalue weighted by molar-refractivity contribution is 7.07. The molecule has 2 aliphatic rings. The van der Waals surface area contributed by atoms with Gasteiger partial charge in [-0.3, -0.25) is 9.69 Å². The standard InChI is InChI=1S/C11H14N2O2S/c14-11(15)9-3-8-1-2-10(9)13(8)4-7-5-16-6-12-7/h5-6,8-10H,1-4H2,(H,14,15). The number of hydrogen-bond acceptors (Lipinski definition) is 4. The van der Waals surface area contributed by atoms with Gasteiger partial charge in [-0.2, -0.15) is 0 Å². The second kappa shape index (κ2) is 3.82. The van der Waals surface area contributed by atoms with Crippen molar-refractivity contribution >= 4 is 17.3 Å². The summed E-state index contributed by atoms with van der Waals surface area (Å²) in [6, 6.07) is 0.706. The fraction of sp³-hybridized carbons (Fsp3) is 0.636. The van der Waals surface area contributed by atoms with Gasteiger partial charge < -0.3 is 5.11 Å². The normalized spacial score (nSPS) is 33.4. The molecule has 2 bridgehead atoms. The van der Waals surface area contributed by atoms with Gasteiger partial charge in [-0.1, -0.05) is 0 Å². The maximum absolute atomic E-state index is 11.1. The molecule has 1 aromatic heterocycles. The molecule has 16 heavy (non-hydrogen) atoms. The lowest BCUT2D eigenvalue weighted by atomic mass is 9.89. The zero-order valence-electron chi connectivity index (χ0n) is 8.87. The molecule has 0 aliphatic carbocycles. The third kappa shape index (κ3) is 1.55. The van der Waals surface area contributed by atoms with Crippen LogP contribution in [0.25, 0.3) is 0 Å². The summed E-state index contributed by atoms with van der Waals surface area (Å²) in [4.78, 5) is 17.7. The molecular weight excluding hydrogens is 224 g/mol. The Labute approximate surface area is 97.9 Å². The van der Waals surface area contributed by atoms with Crippen LogP contribution in [-0.4, -0.2) is 33.0 Å². The monoisotopic (exact) mass is 238 g/mol. The van der Waals surface area contributed by atoms with E-state index in [9.17, 15) is 4.79 Å². The van der Waals surface area contributed by atoms with Crippen LogP contribution in [-0.2, 0) is 11.3 Å². The highest BCUT2D eigenvalue weighted by atomic mass is 32.1. The molecule has 3 unspecified atom stereocenters. The van der Waals surface area contributed by atoms with Crippen molar-refractivity contribution in [2.75, 3.05) is 0 Å². The van der Waals surface area contributed by atoms with Crippen LogP contribution in [0.5, 0.6) is 0 Å². The zero-order chi connectivity index (χ0) is 11.1. The van der Waals surface area contributed by atoms with Gasteiger partial charge in [0.1, 0.15) is 0 Å². The average molecular weight is 238 g/mol. The first-order valence-corrected chi connectivity index (χ1v) is 6.55. The van der Waals surface area contributed by atoms with E-state index in [4.69, 9.17) is 5.11 Å². The second-order valence-corrected chi connectivity index (χ2v) is 5.35. The Balaban J connectivity index is 1.75. The summed E-state index contributed by atoms with van der Waals surface area (Å²) >= 11 is 1.60. The highest BCUT2D eigenvalue weighted by Crippen LogP contribution is 2.42. The zero-order valence-corrected chi connectivity index (χ0v) is 9.69. The average Bonchev–Trinajstić information content (AvgIpc) is 2.96. The lowest BCUT2D eigenvalue weighted by molar-refractivity contribution is -0.142. The predicted octanol–water partition coefficient (Wildman–Crippen LogP) is 1.58.